The second kappa shape index (κ2) is 4.51. The van der Waals surface area contributed by atoms with Gasteiger partial charge in [0.1, 0.15) is 0 Å². The molecule has 1 aliphatic carbocycles. The van der Waals surface area contributed by atoms with Gasteiger partial charge in [-0.1, -0.05) is 13.8 Å². The van der Waals surface area contributed by atoms with E-state index in [0.717, 1.165) is 25.8 Å². The van der Waals surface area contributed by atoms with E-state index in [2.05, 4.69) is 29.7 Å². The molecule has 1 aromatic heterocycles. The first-order chi connectivity index (χ1) is 8.08. The Morgan fingerprint density at radius 3 is 2.65 bits per heavy atom. The predicted molar refractivity (Wildman–Crippen MR) is 69.2 cm³/mol. The third-order valence-corrected chi connectivity index (χ3v) is 3.65. The minimum atomic E-state index is 0.229. The molecule has 0 unspecified atom stereocenters. The van der Waals surface area contributed by atoms with Crippen molar-refractivity contribution in [3.05, 3.63) is 17.5 Å². The molecule has 4 heteroatoms. The zero-order valence-electron chi connectivity index (χ0n) is 10.8. The first-order valence-electron chi connectivity index (χ1n) is 6.47. The maximum Gasteiger partial charge on any atom is 0.0911 e. The molecule has 0 amide bonds. The molecule has 0 aromatic carbocycles. The average molecular weight is 234 g/mol. The van der Waals surface area contributed by atoms with E-state index >= 15 is 0 Å². The summed E-state index contributed by atoms with van der Waals surface area (Å²) in [5.74, 6) is 0.309. The van der Waals surface area contributed by atoms with Gasteiger partial charge >= 0.3 is 0 Å². The number of hydrogen-bond donors (Lipinski definition) is 2. The van der Waals surface area contributed by atoms with Crippen LogP contribution in [0.1, 0.15) is 44.5 Å². The van der Waals surface area contributed by atoms with Crippen molar-refractivity contribution in [1.82, 2.24) is 9.78 Å². The Bertz CT molecular complexity index is 415. The van der Waals surface area contributed by atoms with Gasteiger partial charge in [0.25, 0.3) is 0 Å². The Labute approximate surface area is 103 Å². The van der Waals surface area contributed by atoms with E-state index in [4.69, 9.17) is 11.1 Å². The topological polar surface area (TPSA) is 67.7 Å². The molecular formula is C13H22N4. The van der Waals surface area contributed by atoms with Gasteiger partial charge in [-0.2, -0.15) is 5.10 Å². The third kappa shape index (κ3) is 2.68. The molecule has 1 aliphatic rings. The van der Waals surface area contributed by atoms with Crippen molar-refractivity contribution >= 4 is 5.84 Å². The Kier molecular flexibility index (Phi) is 3.22. The quantitative estimate of drug-likeness (QED) is 0.584. The lowest BCUT2D eigenvalue weighted by Crippen LogP contribution is -2.22. The van der Waals surface area contributed by atoms with Gasteiger partial charge in [-0.3, -0.25) is 10.1 Å². The van der Waals surface area contributed by atoms with Crippen LogP contribution in [0.15, 0.2) is 6.07 Å². The molecule has 0 radical (unpaired) electrons. The lowest BCUT2D eigenvalue weighted by atomic mass is 10.0. The summed E-state index contributed by atoms with van der Waals surface area (Å²) in [5, 5.41) is 12.1. The summed E-state index contributed by atoms with van der Waals surface area (Å²) in [5.41, 5.74) is 8.23. The fourth-order valence-electron chi connectivity index (χ4n) is 2.40. The number of rotatable bonds is 6. The summed E-state index contributed by atoms with van der Waals surface area (Å²) in [6.07, 6.45) is 5.08. The molecule has 1 saturated carbocycles. The summed E-state index contributed by atoms with van der Waals surface area (Å²) < 4.78 is 2.13. The molecular weight excluding hydrogens is 212 g/mol. The monoisotopic (exact) mass is 234 g/mol. The molecule has 0 aliphatic heterocycles. The van der Waals surface area contributed by atoms with Crippen LogP contribution >= 0.6 is 0 Å². The molecule has 0 atom stereocenters. The van der Waals surface area contributed by atoms with E-state index in [1.807, 2.05) is 0 Å². The Hall–Kier alpha value is -1.32. The molecule has 0 bridgehead atoms. The molecule has 1 heterocycles. The Morgan fingerprint density at radius 2 is 2.18 bits per heavy atom. The summed E-state index contributed by atoms with van der Waals surface area (Å²) in [4.78, 5) is 0. The molecule has 1 fully saturated rings. The number of aryl methyl sites for hydroxylation is 2. The summed E-state index contributed by atoms with van der Waals surface area (Å²) in [6, 6.07) is 2.20. The highest BCUT2D eigenvalue weighted by atomic mass is 15.3. The van der Waals surface area contributed by atoms with Crippen LogP contribution in [0.3, 0.4) is 0 Å². The third-order valence-electron chi connectivity index (χ3n) is 3.65. The fraction of sp³-hybridized carbons (Fsp3) is 0.692. The smallest absolute Gasteiger partial charge is 0.0911 e. The summed E-state index contributed by atoms with van der Waals surface area (Å²) >= 11 is 0. The predicted octanol–water partition coefficient (Wildman–Crippen LogP) is 2.11. The van der Waals surface area contributed by atoms with Crippen molar-refractivity contribution < 1.29 is 0 Å². The number of amidine groups is 1. The van der Waals surface area contributed by atoms with Gasteiger partial charge in [-0.25, -0.2) is 0 Å². The number of nitrogens with one attached hydrogen (secondary N) is 1. The van der Waals surface area contributed by atoms with E-state index in [9.17, 15) is 0 Å². The first-order valence-corrected chi connectivity index (χ1v) is 6.47. The van der Waals surface area contributed by atoms with Crippen LogP contribution in [0.4, 0.5) is 0 Å². The molecule has 2 rings (SSSR count). The van der Waals surface area contributed by atoms with Crippen molar-refractivity contribution in [2.45, 2.75) is 52.5 Å². The fourth-order valence-corrected chi connectivity index (χ4v) is 2.40. The molecule has 1 aromatic rings. The lowest BCUT2D eigenvalue weighted by molar-refractivity contribution is 0.398. The Balaban J connectivity index is 2.12. The minimum absolute atomic E-state index is 0.229. The van der Waals surface area contributed by atoms with E-state index in [1.165, 1.54) is 24.2 Å². The van der Waals surface area contributed by atoms with Crippen LogP contribution in [0.5, 0.6) is 0 Å². The second-order valence-corrected chi connectivity index (χ2v) is 5.19. The summed E-state index contributed by atoms with van der Waals surface area (Å²) in [6.45, 7) is 5.22. The minimum Gasteiger partial charge on any atom is -0.388 e. The normalized spacial score (nSPS) is 17.1. The van der Waals surface area contributed by atoms with Crippen LogP contribution < -0.4 is 5.73 Å². The SMILES string of the molecule is CCc1cc(CC)n(CC2(CC(=N)N)CC2)n1. The van der Waals surface area contributed by atoms with Crippen LogP contribution in [-0.2, 0) is 19.4 Å². The lowest BCUT2D eigenvalue weighted by Gasteiger charge is -2.15. The van der Waals surface area contributed by atoms with Crippen LogP contribution in [-0.4, -0.2) is 15.6 Å². The number of nitrogens with zero attached hydrogens (tertiary/aromatic N) is 2. The highest BCUT2D eigenvalue weighted by Gasteiger charge is 2.43. The van der Waals surface area contributed by atoms with Crippen LogP contribution in [0.2, 0.25) is 0 Å². The largest absolute Gasteiger partial charge is 0.388 e. The van der Waals surface area contributed by atoms with Crippen molar-refractivity contribution in [2.24, 2.45) is 11.1 Å². The number of aromatic nitrogens is 2. The van der Waals surface area contributed by atoms with Crippen molar-refractivity contribution in [3.8, 4) is 0 Å². The van der Waals surface area contributed by atoms with Gasteiger partial charge in [0.2, 0.25) is 0 Å². The van der Waals surface area contributed by atoms with E-state index in [-0.39, 0.29) is 5.41 Å². The highest BCUT2D eigenvalue weighted by Crippen LogP contribution is 2.50. The van der Waals surface area contributed by atoms with E-state index in [1.54, 1.807) is 0 Å². The zero-order valence-corrected chi connectivity index (χ0v) is 10.8. The summed E-state index contributed by atoms with van der Waals surface area (Å²) in [7, 11) is 0. The van der Waals surface area contributed by atoms with Gasteiger partial charge in [0.15, 0.2) is 0 Å². The molecule has 17 heavy (non-hydrogen) atoms. The van der Waals surface area contributed by atoms with Gasteiger partial charge in [0.05, 0.1) is 11.5 Å². The second-order valence-electron chi connectivity index (χ2n) is 5.19. The first kappa shape index (κ1) is 12.1. The molecule has 94 valence electrons. The van der Waals surface area contributed by atoms with Crippen molar-refractivity contribution in [2.75, 3.05) is 0 Å². The highest BCUT2D eigenvalue weighted by molar-refractivity contribution is 5.78. The Morgan fingerprint density at radius 1 is 1.47 bits per heavy atom. The van der Waals surface area contributed by atoms with E-state index < -0.39 is 0 Å². The molecule has 4 nitrogen and oxygen atoms in total. The van der Waals surface area contributed by atoms with Gasteiger partial charge in [0, 0.05) is 18.7 Å². The van der Waals surface area contributed by atoms with Crippen LogP contribution in [0, 0.1) is 10.8 Å². The van der Waals surface area contributed by atoms with Gasteiger partial charge < -0.3 is 5.73 Å². The van der Waals surface area contributed by atoms with Crippen molar-refractivity contribution in [3.63, 3.8) is 0 Å². The van der Waals surface area contributed by atoms with E-state index in [0.29, 0.717) is 5.84 Å². The maximum absolute atomic E-state index is 7.44. The number of hydrogen-bond acceptors (Lipinski definition) is 2. The number of nitrogens with two attached hydrogens (primary N) is 1. The van der Waals surface area contributed by atoms with Crippen molar-refractivity contribution in [1.29, 1.82) is 5.41 Å². The average Bonchev–Trinajstić information content (AvgIpc) is 2.90. The maximum atomic E-state index is 7.44. The van der Waals surface area contributed by atoms with Crippen LogP contribution in [0.25, 0.3) is 0 Å². The zero-order chi connectivity index (χ0) is 12.5. The van der Waals surface area contributed by atoms with Gasteiger partial charge in [-0.05, 0) is 37.2 Å². The van der Waals surface area contributed by atoms with Gasteiger partial charge in [-0.15, -0.1) is 0 Å². The molecule has 0 saturated heterocycles. The molecule has 3 N–H and O–H groups in total. The molecule has 0 spiro atoms. The standard InChI is InChI=1S/C13H22N4/c1-3-10-7-11(4-2)17(16-10)9-13(5-6-13)8-12(14)15/h7H,3-6,8-9H2,1-2H3,(H3,14,15).